The molecule has 7 N–H and O–H groups in total. The van der Waals surface area contributed by atoms with Crippen molar-refractivity contribution in [3.63, 3.8) is 0 Å². The molecule has 0 heterocycles. The Morgan fingerprint density at radius 2 is 1.84 bits per heavy atom. The van der Waals surface area contributed by atoms with Crippen molar-refractivity contribution < 1.29 is 24.6 Å². The van der Waals surface area contributed by atoms with Crippen molar-refractivity contribution in [1.29, 1.82) is 0 Å². The van der Waals surface area contributed by atoms with E-state index in [9.17, 15) is 24.6 Å². The summed E-state index contributed by atoms with van der Waals surface area (Å²) < 4.78 is 0. The number of hydrogen-bond donors (Lipinski definition) is 6. The molecule has 5 atom stereocenters. The van der Waals surface area contributed by atoms with Crippen LogP contribution in [0.5, 0.6) is 0 Å². The van der Waals surface area contributed by atoms with E-state index in [1.807, 2.05) is 13.8 Å². The standard InChI is InChI=1S/C16H28N4O5/c1-7(2)12(18-4)16(25)20-10-5-9(6-11(21)13(10)22)15(24)19-8(3)14(17)23/h5,7-8,10-13,18,21-22H,6H2,1-4H3,(H2,17,23)(H,19,24)(H,20,25)/t8-,10-,11-,12+,13-/m1/s1. The Balaban J connectivity index is 2.91. The van der Waals surface area contributed by atoms with Crippen LogP contribution in [0.3, 0.4) is 0 Å². The lowest BCUT2D eigenvalue weighted by molar-refractivity contribution is -0.126. The van der Waals surface area contributed by atoms with E-state index in [0.29, 0.717) is 0 Å². The van der Waals surface area contributed by atoms with Gasteiger partial charge in [0.1, 0.15) is 12.1 Å². The lowest BCUT2D eigenvalue weighted by atomic mass is 9.89. The number of carbonyl (C=O) groups is 3. The summed E-state index contributed by atoms with van der Waals surface area (Å²) >= 11 is 0. The second-order valence-corrected chi connectivity index (χ2v) is 6.60. The maximum absolute atomic E-state index is 12.3. The molecule has 9 nitrogen and oxygen atoms in total. The first-order valence-electron chi connectivity index (χ1n) is 8.23. The van der Waals surface area contributed by atoms with Gasteiger partial charge in [-0.15, -0.1) is 0 Å². The lowest BCUT2D eigenvalue weighted by Gasteiger charge is -2.32. The number of hydrogen-bond acceptors (Lipinski definition) is 6. The molecule has 0 aromatic carbocycles. The van der Waals surface area contributed by atoms with Crippen molar-refractivity contribution in [2.75, 3.05) is 7.05 Å². The van der Waals surface area contributed by atoms with Crippen LogP contribution in [0.4, 0.5) is 0 Å². The number of nitrogens with two attached hydrogens (primary N) is 1. The highest BCUT2D eigenvalue weighted by atomic mass is 16.3. The van der Waals surface area contributed by atoms with Gasteiger partial charge in [-0.1, -0.05) is 19.9 Å². The van der Waals surface area contributed by atoms with Gasteiger partial charge < -0.3 is 31.9 Å². The Kier molecular flexibility index (Phi) is 7.53. The maximum Gasteiger partial charge on any atom is 0.247 e. The van der Waals surface area contributed by atoms with E-state index in [2.05, 4.69) is 16.0 Å². The number of aliphatic hydroxyl groups is 2. The zero-order valence-electron chi connectivity index (χ0n) is 14.9. The normalized spacial score (nSPS) is 25.7. The highest BCUT2D eigenvalue weighted by molar-refractivity contribution is 5.97. The van der Waals surface area contributed by atoms with E-state index in [4.69, 9.17) is 5.73 Å². The fourth-order valence-electron chi connectivity index (χ4n) is 2.65. The largest absolute Gasteiger partial charge is 0.390 e. The van der Waals surface area contributed by atoms with Crippen molar-refractivity contribution in [1.82, 2.24) is 16.0 Å². The molecule has 25 heavy (non-hydrogen) atoms. The van der Waals surface area contributed by atoms with Gasteiger partial charge in [0.15, 0.2) is 0 Å². The van der Waals surface area contributed by atoms with Crippen LogP contribution < -0.4 is 21.7 Å². The molecule has 0 bridgehead atoms. The molecule has 142 valence electrons. The zero-order valence-corrected chi connectivity index (χ0v) is 14.9. The topological polar surface area (TPSA) is 154 Å². The highest BCUT2D eigenvalue weighted by Gasteiger charge is 2.35. The van der Waals surface area contributed by atoms with Crippen molar-refractivity contribution in [3.8, 4) is 0 Å². The summed E-state index contributed by atoms with van der Waals surface area (Å²) in [6.07, 6.45) is -1.15. The number of likely N-dealkylation sites (N-methyl/N-ethyl adjacent to an activating group) is 1. The van der Waals surface area contributed by atoms with Gasteiger partial charge in [0.05, 0.1) is 18.2 Å². The van der Waals surface area contributed by atoms with Gasteiger partial charge in [-0.2, -0.15) is 0 Å². The van der Waals surface area contributed by atoms with E-state index in [0.717, 1.165) is 0 Å². The molecule has 1 aliphatic rings. The van der Waals surface area contributed by atoms with Crippen LogP contribution >= 0.6 is 0 Å². The van der Waals surface area contributed by atoms with Crippen LogP contribution in [0.2, 0.25) is 0 Å². The predicted octanol–water partition coefficient (Wildman–Crippen LogP) is -2.24. The average molecular weight is 356 g/mol. The molecule has 0 radical (unpaired) electrons. The molecule has 0 aromatic rings. The predicted molar refractivity (Wildman–Crippen MR) is 91.1 cm³/mol. The van der Waals surface area contributed by atoms with E-state index in [1.165, 1.54) is 13.0 Å². The maximum atomic E-state index is 12.3. The smallest absolute Gasteiger partial charge is 0.247 e. The fourth-order valence-corrected chi connectivity index (χ4v) is 2.65. The summed E-state index contributed by atoms with van der Waals surface area (Å²) in [7, 11) is 1.65. The van der Waals surface area contributed by atoms with Gasteiger partial charge in [-0.25, -0.2) is 0 Å². The molecule has 0 aromatic heterocycles. The van der Waals surface area contributed by atoms with Gasteiger partial charge >= 0.3 is 0 Å². The quantitative estimate of drug-likeness (QED) is 0.303. The number of rotatable bonds is 7. The molecule has 0 aliphatic heterocycles. The lowest BCUT2D eigenvalue weighted by Crippen LogP contribution is -2.56. The molecule has 0 fully saturated rings. The van der Waals surface area contributed by atoms with Crippen LogP contribution in [0.1, 0.15) is 27.2 Å². The van der Waals surface area contributed by atoms with Crippen molar-refractivity contribution in [2.45, 2.75) is 57.5 Å². The first-order valence-corrected chi connectivity index (χ1v) is 8.23. The molecule has 0 saturated carbocycles. The highest BCUT2D eigenvalue weighted by Crippen LogP contribution is 2.20. The Hall–Kier alpha value is -1.97. The van der Waals surface area contributed by atoms with Crippen molar-refractivity contribution in [3.05, 3.63) is 11.6 Å². The molecule has 1 aliphatic carbocycles. The Bertz CT molecular complexity index is 549. The molecule has 9 heteroatoms. The zero-order chi connectivity index (χ0) is 19.3. The van der Waals surface area contributed by atoms with Gasteiger partial charge in [0, 0.05) is 12.0 Å². The van der Waals surface area contributed by atoms with Crippen LogP contribution in [0.25, 0.3) is 0 Å². The minimum absolute atomic E-state index is 0.0128. The van der Waals surface area contributed by atoms with E-state index in [-0.39, 0.29) is 23.8 Å². The van der Waals surface area contributed by atoms with Gasteiger partial charge in [-0.05, 0) is 19.9 Å². The Labute approximate surface area is 147 Å². The summed E-state index contributed by atoms with van der Waals surface area (Å²) in [5.74, 6) is -1.61. The van der Waals surface area contributed by atoms with E-state index >= 15 is 0 Å². The van der Waals surface area contributed by atoms with Gasteiger partial charge in [-0.3, -0.25) is 14.4 Å². The summed E-state index contributed by atoms with van der Waals surface area (Å²) in [5, 5.41) is 28.0. The van der Waals surface area contributed by atoms with Crippen LogP contribution in [-0.2, 0) is 14.4 Å². The Morgan fingerprint density at radius 1 is 1.24 bits per heavy atom. The third kappa shape index (κ3) is 5.52. The number of nitrogens with one attached hydrogen (secondary N) is 3. The fraction of sp³-hybridized carbons (Fsp3) is 0.688. The van der Waals surface area contributed by atoms with E-state index < -0.39 is 42.1 Å². The van der Waals surface area contributed by atoms with E-state index in [1.54, 1.807) is 7.05 Å². The first-order chi connectivity index (χ1) is 11.6. The minimum atomic E-state index is -1.24. The molecule has 0 saturated heterocycles. The first kappa shape index (κ1) is 21.1. The number of carbonyl (C=O) groups excluding carboxylic acids is 3. The average Bonchev–Trinajstić information content (AvgIpc) is 2.51. The summed E-state index contributed by atoms with van der Waals surface area (Å²) in [4.78, 5) is 35.6. The molecular weight excluding hydrogens is 328 g/mol. The second kappa shape index (κ2) is 8.93. The number of aliphatic hydroxyl groups excluding tert-OH is 2. The number of amides is 3. The summed E-state index contributed by atoms with van der Waals surface area (Å²) in [6, 6.07) is -2.28. The van der Waals surface area contributed by atoms with Crippen LogP contribution in [0, 0.1) is 5.92 Å². The molecule has 1 rings (SSSR count). The van der Waals surface area contributed by atoms with Gasteiger partial charge in [0.25, 0.3) is 0 Å². The molecular formula is C16H28N4O5. The third-order valence-corrected chi connectivity index (χ3v) is 4.21. The summed E-state index contributed by atoms with van der Waals surface area (Å²) in [5.41, 5.74) is 5.28. The minimum Gasteiger partial charge on any atom is -0.390 e. The summed E-state index contributed by atoms with van der Waals surface area (Å²) in [6.45, 7) is 5.17. The van der Waals surface area contributed by atoms with Crippen LogP contribution in [-0.4, -0.2) is 65.3 Å². The molecule has 0 spiro atoms. The monoisotopic (exact) mass is 356 g/mol. The third-order valence-electron chi connectivity index (χ3n) is 4.21. The van der Waals surface area contributed by atoms with Crippen molar-refractivity contribution >= 4 is 17.7 Å². The molecule has 3 amide bonds. The Morgan fingerprint density at radius 3 is 2.32 bits per heavy atom. The van der Waals surface area contributed by atoms with Crippen LogP contribution in [0.15, 0.2) is 11.6 Å². The SMILES string of the molecule is CN[C@H](C(=O)N[C@@H]1C=C(C(=O)N[C@H](C)C(N)=O)C[C@@H](O)[C@@H]1O)C(C)C. The van der Waals surface area contributed by atoms with Crippen molar-refractivity contribution in [2.24, 2.45) is 11.7 Å². The van der Waals surface area contributed by atoms with Gasteiger partial charge in [0.2, 0.25) is 17.7 Å². The number of primary amides is 1. The second-order valence-electron chi connectivity index (χ2n) is 6.60. The molecule has 0 unspecified atom stereocenters.